The van der Waals surface area contributed by atoms with Gasteiger partial charge in [0, 0.05) is 12.1 Å². The van der Waals surface area contributed by atoms with E-state index in [1.807, 2.05) is 36.4 Å². The summed E-state index contributed by atoms with van der Waals surface area (Å²) >= 11 is 0. The third kappa shape index (κ3) is 2.90. The molecule has 0 aromatic heterocycles. The zero-order chi connectivity index (χ0) is 14.7. The molecule has 2 aromatic rings. The fraction of sp³-hybridized carbons (Fsp3) is 0.235. The quantitative estimate of drug-likeness (QED) is 0.848. The van der Waals surface area contributed by atoms with E-state index in [4.69, 9.17) is 4.74 Å². The Morgan fingerprint density at radius 3 is 2.95 bits per heavy atom. The van der Waals surface area contributed by atoms with Gasteiger partial charge in [-0.05, 0) is 41.0 Å². The average molecular weight is 282 g/mol. The van der Waals surface area contributed by atoms with Gasteiger partial charge in [0.2, 0.25) is 0 Å². The lowest BCUT2D eigenvalue weighted by molar-refractivity contribution is -0.116. The summed E-state index contributed by atoms with van der Waals surface area (Å²) in [6.45, 7) is 3.36. The van der Waals surface area contributed by atoms with Gasteiger partial charge >= 0.3 is 0 Å². The van der Waals surface area contributed by atoms with Crippen LogP contribution < -0.4 is 15.6 Å². The number of benzene rings is 2. The predicted molar refractivity (Wildman–Crippen MR) is 83.9 cm³/mol. The van der Waals surface area contributed by atoms with Crippen LogP contribution in [0, 0.1) is 0 Å². The highest BCUT2D eigenvalue weighted by Crippen LogP contribution is 2.25. The molecule has 2 N–H and O–H groups in total. The Labute approximate surface area is 123 Å². The molecule has 4 nitrogen and oxygen atoms in total. The number of carbonyl (C=O) groups is 1. The van der Waals surface area contributed by atoms with Crippen molar-refractivity contribution >= 4 is 22.8 Å². The monoisotopic (exact) mass is 282 g/mol. The summed E-state index contributed by atoms with van der Waals surface area (Å²) in [6.07, 6.45) is 2.93. The van der Waals surface area contributed by atoms with Crippen LogP contribution in [0.4, 0.5) is 0 Å². The summed E-state index contributed by atoms with van der Waals surface area (Å²) in [4.78, 5) is 11.6. The Bertz CT molecular complexity index is 707. The number of hydrogen-bond acceptors (Lipinski definition) is 3. The van der Waals surface area contributed by atoms with Crippen molar-refractivity contribution in [2.75, 3.05) is 13.2 Å². The van der Waals surface area contributed by atoms with Crippen LogP contribution in [0.15, 0.2) is 42.0 Å². The number of carbonyl (C=O) groups excluding carboxylic acids is 1. The normalized spacial score (nSPS) is 16.4. The van der Waals surface area contributed by atoms with Crippen molar-refractivity contribution in [2.45, 2.75) is 13.3 Å². The topological polar surface area (TPSA) is 50.4 Å². The van der Waals surface area contributed by atoms with E-state index >= 15 is 0 Å². The van der Waals surface area contributed by atoms with Crippen LogP contribution in [0.3, 0.4) is 0 Å². The van der Waals surface area contributed by atoms with E-state index in [0.29, 0.717) is 6.54 Å². The lowest BCUT2D eigenvalue weighted by Gasteiger charge is -2.08. The molecule has 2 aromatic carbocycles. The van der Waals surface area contributed by atoms with Gasteiger partial charge in [0.15, 0.2) is 0 Å². The van der Waals surface area contributed by atoms with E-state index in [1.165, 1.54) is 0 Å². The fourth-order valence-corrected chi connectivity index (χ4v) is 2.41. The molecule has 1 saturated heterocycles. The van der Waals surface area contributed by atoms with E-state index in [0.717, 1.165) is 40.7 Å². The summed E-state index contributed by atoms with van der Waals surface area (Å²) in [5.41, 5.74) is 7.22. The lowest BCUT2D eigenvalue weighted by Crippen LogP contribution is -2.25. The smallest absolute Gasteiger partial charge is 0.262 e. The maximum Gasteiger partial charge on any atom is 0.262 e. The first-order valence-corrected chi connectivity index (χ1v) is 7.17. The molecule has 1 aliphatic heterocycles. The van der Waals surface area contributed by atoms with Gasteiger partial charge in [-0.3, -0.25) is 10.2 Å². The van der Waals surface area contributed by atoms with Crippen molar-refractivity contribution in [1.29, 1.82) is 0 Å². The van der Waals surface area contributed by atoms with Crippen molar-refractivity contribution in [3.8, 4) is 5.75 Å². The Kier molecular flexibility index (Phi) is 3.88. The minimum Gasteiger partial charge on any atom is -0.494 e. The number of hydrogen-bond donors (Lipinski definition) is 2. The first-order valence-electron chi connectivity index (χ1n) is 7.17. The van der Waals surface area contributed by atoms with Crippen LogP contribution in [-0.2, 0) is 4.79 Å². The van der Waals surface area contributed by atoms with Crippen molar-refractivity contribution in [3.05, 3.63) is 47.5 Å². The minimum atomic E-state index is -0.0603. The van der Waals surface area contributed by atoms with E-state index in [1.54, 1.807) is 0 Å². The zero-order valence-corrected chi connectivity index (χ0v) is 12.0. The van der Waals surface area contributed by atoms with Gasteiger partial charge in [0.1, 0.15) is 5.75 Å². The highest BCUT2D eigenvalue weighted by molar-refractivity contribution is 6.02. The van der Waals surface area contributed by atoms with Gasteiger partial charge in [-0.25, -0.2) is 5.43 Å². The van der Waals surface area contributed by atoms with Gasteiger partial charge in [-0.15, -0.1) is 0 Å². The van der Waals surface area contributed by atoms with Gasteiger partial charge in [-0.1, -0.05) is 31.2 Å². The van der Waals surface area contributed by atoms with Crippen LogP contribution in [0.2, 0.25) is 0 Å². The van der Waals surface area contributed by atoms with E-state index < -0.39 is 0 Å². The van der Waals surface area contributed by atoms with Gasteiger partial charge in [0.05, 0.1) is 6.61 Å². The molecule has 3 rings (SSSR count). The minimum absolute atomic E-state index is 0.0603. The van der Waals surface area contributed by atoms with Crippen LogP contribution in [-0.4, -0.2) is 19.1 Å². The second-order valence-electron chi connectivity index (χ2n) is 5.06. The Morgan fingerprint density at radius 1 is 1.29 bits per heavy atom. The van der Waals surface area contributed by atoms with E-state index in [9.17, 15) is 4.79 Å². The van der Waals surface area contributed by atoms with Gasteiger partial charge < -0.3 is 4.74 Å². The fourth-order valence-electron chi connectivity index (χ4n) is 2.41. The third-order valence-electron chi connectivity index (χ3n) is 3.46. The number of fused-ring (bicyclic) bond motifs is 1. The molecule has 1 fully saturated rings. The van der Waals surface area contributed by atoms with Crippen LogP contribution in [0.1, 0.15) is 18.9 Å². The van der Waals surface area contributed by atoms with Crippen LogP contribution >= 0.6 is 0 Å². The largest absolute Gasteiger partial charge is 0.494 e. The van der Waals surface area contributed by atoms with E-state index in [2.05, 4.69) is 23.8 Å². The standard InChI is InChI=1S/C17H18N2O2/c1-2-8-21-15-6-7-16-12(4-3-5-13(16)10-15)9-14-11-18-19-17(14)20/h3-7,9-10,18H,2,8,11H2,1H3,(H,19,20)/b14-9+. The Balaban J connectivity index is 1.98. The molecule has 4 heteroatoms. The summed E-state index contributed by atoms with van der Waals surface area (Å²) < 4.78 is 5.66. The Hall–Kier alpha value is -2.33. The summed E-state index contributed by atoms with van der Waals surface area (Å²) in [6, 6.07) is 12.1. The van der Waals surface area contributed by atoms with Crippen molar-refractivity contribution < 1.29 is 9.53 Å². The molecule has 0 saturated carbocycles. The molecular formula is C17H18N2O2. The zero-order valence-electron chi connectivity index (χ0n) is 12.0. The number of ether oxygens (including phenoxy) is 1. The molecule has 0 bridgehead atoms. The van der Waals surface area contributed by atoms with Crippen LogP contribution in [0.25, 0.3) is 16.8 Å². The highest BCUT2D eigenvalue weighted by atomic mass is 16.5. The second-order valence-corrected chi connectivity index (χ2v) is 5.06. The number of nitrogens with one attached hydrogen (secondary N) is 2. The summed E-state index contributed by atoms with van der Waals surface area (Å²) in [5.74, 6) is 0.823. The number of hydrazine groups is 1. The number of rotatable bonds is 4. The molecule has 21 heavy (non-hydrogen) atoms. The molecule has 0 aliphatic carbocycles. The Morgan fingerprint density at radius 2 is 2.19 bits per heavy atom. The SMILES string of the molecule is CCCOc1ccc2c(/C=C3\CNNC3=O)cccc2c1. The number of amides is 1. The lowest BCUT2D eigenvalue weighted by atomic mass is 10.0. The van der Waals surface area contributed by atoms with E-state index in [-0.39, 0.29) is 5.91 Å². The molecule has 1 amide bonds. The predicted octanol–water partition coefficient (Wildman–Crippen LogP) is 2.65. The molecule has 108 valence electrons. The maximum absolute atomic E-state index is 11.6. The van der Waals surface area contributed by atoms with Crippen molar-refractivity contribution in [1.82, 2.24) is 10.9 Å². The second kappa shape index (κ2) is 5.97. The average Bonchev–Trinajstić information content (AvgIpc) is 2.90. The first kappa shape index (κ1) is 13.6. The van der Waals surface area contributed by atoms with Crippen molar-refractivity contribution in [3.63, 3.8) is 0 Å². The van der Waals surface area contributed by atoms with Crippen LogP contribution in [0.5, 0.6) is 5.75 Å². The van der Waals surface area contributed by atoms with Gasteiger partial charge in [0.25, 0.3) is 5.91 Å². The summed E-state index contributed by atoms with van der Waals surface area (Å²) in [7, 11) is 0. The molecule has 1 aliphatic rings. The molecule has 0 spiro atoms. The molecule has 0 atom stereocenters. The molecule has 0 radical (unpaired) electrons. The molecule has 1 heterocycles. The van der Waals surface area contributed by atoms with Crippen molar-refractivity contribution in [2.24, 2.45) is 0 Å². The molecular weight excluding hydrogens is 264 g/mol. The maximum atomic E-state index is 11.6. The first-order chi connectivity index (χ1) is 10.3. The highest BCUT2D eigenvalue weighted by Gasteiger charge is 2.15. The molecule has 0 unspecified atom stereocenters. The third-order valence-corrected chi connectivity index (χ3v) is 3.46. The summed E-state index contributed by atoms with van der Waals surface area (Å²) in [5, 5.41) is 2.23. The van der Waals surface area contributed by atoms with Gasteiger partial charge in [-0.2, -0.15) is 0 Å².